The predicted octanol–water partition coefficient (Wildman–Crippen LogP) is 2.85. The Balaban J connectivity index is 1.55. The van der Waals surface area contributed by atoms with Crippen LogP contribution in [0.1, 0.15) is 5.69 Å². The molecule has 2 aromatic carbocycles. The second-order valence-corrected chi connectivity index (χ2v) is 6.16. The maximum absolute atomic E-state index is 12.0. The van der Waals surface area contributed by atoms with Gasteiger partial charge in [-0.3, -0.25) is 9.59 Å². The minimum absolute atomic E-state index is 0.0197. The topological polar surface area (TPSA) is 81.3 Å². The standard InChI is InChI=1S/C18H15BrN2O4/c19-12-4-3-5-13(10-12)24-8-9-25-17(22)11-16-14-6-1-2-7-15(14)18(23)21-20-16/h1-7,10H,8-9,11H2,(H,21,23). The van der Waals surface area contributed by atoms with Crippen LogP contribution in [-0.2, 0) is 16.0 Å². The molecule has 0 fully saturated rings. The molecule has 1 N–H and O–H groups in total. The van der Waals surface area contributed by atoms with E-state index < -0.39 is 5.97 Å². The number of carbonyl (C=O) groups excluding carboxylic acids is 1. The highest BCUT2D eigenvalue weighted by atomic mass is 79.9. The number of esters is 1. The van der Waals surface area contributed by atoms with E-state index >= 15 is 0 Å². The summed E-state index contributed by atoms with van der Waals surface area (Å²) >= 11 is 3.36. The van der Waals surface area contributed by atoms with Crippen molar-refractivity contribution in [3.05, 3.63) is 69.1 Å². The third-order valence-electron chi connectivity index (χ3n) is 3.50. The Morgan fingerprint density at radius 1 is 1.08 bits per heavy atom. The zero-order valence-electron chi connectivity index (χ0n) is 13.2. The van der Waals surface area contributed by atoms with Crippen LogP contribution in [-0.4, -0.2) is 29.4 Å². The Morgan fingerprint density at radius 3 is 2.68 bits per heavy atom. The monoisotopic (exact) mass is 402 g/mol. The molecule has 1 aromatic heterocycles. The number of halogens is 1. The van der Waals surface area contributed by atoms with Crippen LogP contribution in [0.5, 0.6) is 5.75 Å². The maximum Gasteiger partial charge on any atom is 0.312 e. The number of carbonyl (C=O) groups is 1. The fraction of sp³-hybridized carbons (Fsp3) is 0.167. The summed E-state index contributed by atoms with van der Waals surface area (Å²) in [6.07, 6.45) is -0.0197. The van der Waals surface area contributed by atoms with Gasteiger partial charge >= 0.3 is 5.97 Å². The first-order valence-electron chi connectivity index (χ1n) is 7.64. The lowest BCUT2D eigenvalue weighted by molar-refractivity contribution is -0.143. The Hall–Kier alpha value is -2.67. The average Bonchev–Trinajstić information content (AvgIpc) is 2.61. The van der Waals surface area contributed by atoms with Crippen molar-refractivity contribution in [1.29, 1.82) is 0 Å². The van der Waals surface area contributed by atoms with Crippen molar-refractivity contribution in [1.82, 2.24) is 10.2 Å². The third kappa shape index (κ3) is 4.45. The molecule has 128 valence electrons. The van der Waals surface area contributed by atoms with Crippen molar-refractivity contribution in [3.8, 4) is 5.75 Å². The van der Waals surface area contributed by atoms with E-state index in [9.17, 15) is 9.59 Å². The number of benzene rings is 2. The number of nitrogens with zero attached hydrogens (tertiary/aromatic N) is 1. The summed E-state index contributed by atoms with van der Waals surface area (Å²) in [7, 11) is 0. The normalized spacial score (nSPS) is 10.6. The van der Waals surface area contributed by atoms with Crippen molar-refractivity contribution in [3.63, 3.8) is 0 Å². The van der Waals surface area contributed by atoms with E-state index in [-0.39, 0.29) is 25.2 Å². The number of nitrogens with one attached hydrogen (secondary N) is 1. The predicted molar refractivity (Wildman–Crippen MR) is 96.7 cm³/mol. The van der Waals surface area contributed by atoms with Crippen LogP contribution in [0.15, 0.2) is 57.8 Å². The molecule has 0 radical (unpaired) electrons. The minimum Gasteiger partial charge on any atom is -0.490 e. The largest absolute Gasteiger partial charge is 0.490 e. The number of H-pyrrole nitrogens is 1. The summed E-state index contributed by atoms with van der Waals surface area (Å²) in [5, 5.41) is 7.50. The lowest BCUT2D eigenvalue weighted by Gasteiger charge is -2.08. The van der Waals surface area contributed by atoms with Crippen LogP contribution in [0.3, 0.4) is 0 Å². The Bertz CT molecular complexity index is 955. The fourth-order valence-electron chi connectivity index (χ4n) is 2.37. The van der Waals surface area contributed by atoms with Gasteiger partial charge in [0.05, 0.1) is 17.5 Å². The van der Waals surface area contributed by atoms with Gasteiger partial charge < -0.3 is 9.47 Å². The fourth-order valence-corrected chi connectivity index (χ4v) is 2.74. The number of hydrogen-bond donors (Lipinski definition) is 1. The molecule has 25 heavy (non-hydrogen) atoms. The summed E-state index contributed by atoms with van der Waals surface area (Å²) in [6, 6.07) is 14.4. The van der Waals surface area contributed by atoms with Crippen molar-refractivity contribution in [2.45, 2.75) is 6.42 Å². The van der Waals surface area contributed by atoms with Gasteiger partial charge in [-0.2, -0.15) is 5.10 Å². The molecule has 7 heteroatoms. The minimum atomic E-state index is -0.428. The van der Waals surface area contributed by atoms with Crippen molar-refractivity contribution in [2.24, 2.45) is 0 Å². The highest BCUT2D eigenvalue weighted by molar-refractivity contribution is 9.10. The second-order valence-electron chi connectivity index (χ2n) is 5.25. The molecule has 0 amide bonds. The van der Waals surface area contributed by atoms with Crippen LogP contribution in [0, 0.1) is 0 Å². The smallest absolute Gasteiger partial charge is 0.312 e. The van der Waals surface area contributed by atoms with Crippen LogP contribution in [0.25, 0.3) is 10.8 Å². The molecule has 0 bridgehead atoms. The molecule has 0 unspecified atom stereocenters. The zero-order valence-corrected chi connectivity index (χ0v) is 14.8. The molecule has 0 aliphatic heterocycles. The lowest BCUT2D eigenvalue weighted by Crippen LogP contribution is -2.17. The van der Waals surface area contributed by atoms with E-state index in [0.29, 0.717) is 22.2 Å². The number of aromatic nitrogens is 2. The van der Waals surface area contributed by atoms with Crippen LogP contribution >= 0.6 is 15.9 Å². The second kappa shape index (κ2) is 7.94. The molecule has 1 heterocycles. The van der Waals surface area contributed by atoms with Crippen molar-refractivity contribution < 1.29 is 14.3 Å². The van der Waals surface area contributed by atoms with Crippen LogP contribution < -0.4 is 10.3 Å². The van der Waals surface area contributed by atoms with E-state index in [0.717, 1.165) is 4.47 Å². The van der Waals surface area contributed by atoms with E-state index in [1.54, 1.807) is 24.3 Å². The number of ether oxygens (including phenoxy) is 2. The zero-order chi connectivity index (χ0) is 17.6. The molecule has 6 nitrogen and oxygen atoms in total. The van der Waals surface area contributed by atoms with Gasteiger partial charge in [0.25, 0.3) is 5.56 Å². The molecule has 0 aliphatic carbocycles. The molecule has 0 spiro atoms. The molecule has 0 saturated heterocycles. The average molecular weight is 403 g/mol. The highest BCUT2D eigenvalue weighted by Crippen LogP contribution is 2.17. The summed E-state index contributed by atoms with van der Waals surface area (Å²) in [5.74, 6) is 0.265. The Kier molecular flexibility index (Phi) is 5.45. The van der Waals surface area contributed by atoms with Crippen molar-refractivity contribution >= 4 is 32.7 Å². The van der Waals surface area contributed by atoms with Gasteiger partial charge in [-0.05, 0) is 24.3 Å². The SMILES string of the molecule is O=C(Cc1n[nH]c(=O)c2ccccc12)OCCOc1cccc(Br)c1. The first kappa shape index (κ1) is 17.2. The summed E-state index contributed by atoms with van der Waals surface area (Å²) < 4.78 is 11.6. The van der Waals surface area contributed by atoms with Crippen LogP contribution in [0.4, 0.5) is 0 Å². The Morgan fingerprint density at radius 2 is 1.88 bits per heavy atom. The first-order valence-corrected chi connectivity index (χ1v) is 8.43. The van der Waals surface area contributed by atoms with Gasteiger partial charge in [0.2, 0.25) is 0 Å². The number of aromatic amines is 1. The van der Waals surface area contributed by atoms with Gasteiger partial charge in [-0.15, -0.1) is 0 Å². The molecule has 3 rings (SSSR count). The molecule has 3 aromatic rings. The van der Waals surface area contributed by atoms with Crippen molar-refractivity contribution in [2.75, 3.05) is 13.2 Å². The molecule has 0 aliphatic rings. The van der Waals surface area contributed by atoms with E-state index in [4.69, 9.17) is 9.47 Å². The summed E-state index contributed by atoms with van der Waals surface area (Å²) in [4.78, 5) is 23.7. The van der Waals surface area contributed by atoms with Gasteiger partial charge in [-0.25, -0.2) is 5.10 Å². The third-order valence-corrected chi connectivity index (χ3v) is 3.99. The van der Waals surface area contributed by atoms with Gasteiger partial charge in [-0.1, -0.05) is 40.2 Å². The Labute approximate surface area is 151 Å². The van der Waals surface area contributed by atoms with Crippen LogP contribution in [0.2, 0.25) is 0 Å². The van der Waals surface area contributed by atoms with Gasteiger partial charge in [0.1, 0.15) is 19.0 Å². The molecular weight excluding hydrogens is 388 g/mol. The molecule has 0 atom stereocenters. The van der Waals surface area contributed by atoms with E-state index in [1.165, 1.54) is 0 Å². The maximum atomic E-state index is 12.0. The molecular formula is C18H15BrN2O4. The number of fused-ring (bicyclic) bond motifs is 1. The summed E-state index contributed by atoms with van der Waals surface area (Å²) in [5.41, 5.74) is 0.197. The number of rotatable bonds is 6. The highest BCUT2D eigenvalue weighted by Gasteiger charge is 2.11. The van der Waals surface area contributed by atoms with Gasteiger partial charge in [0.15, 0.2) is 0 Å². The van der Waals surface area contributed by atoms with Gasteiger partial charge in [0, 0.05) is 9.86 Å². The first-order chi connectivity index (χ1) is 12.1. The molecule has 0 saturated carbocycles. The quantitative estimate of drug-likeness (QED) is 0.506. The summed E-state index contributed by atoms with van der Waals surface area (Å²) in [6.45, 7) is 0.384. The van der Waals surface area contributed by atoms with E-state index in [1.807, 2.05) is 24.3 Å². The number of hydrogen-bond acceptors (Lipinski definition) is 5. The van der Waals surface area contributed by atoms with E-state index in [2.05, 4.69) is 26.1 Å². The lowest BCUT2D eigenvalue weighted by atomic mass is 10.1.